The van der Waals surface area contributed by atoms with Crippen molar-refractivity contribution in [3.63, 3.8) is 0 Å². The lowest BCUT2D eigenvalue weighted by Gasteiger charge is -2.05. The van der Waals surface area contributed by atoms with E-state index in [1.807, 2.05) is 0 Å². The van der Waals surface area contributed by atoms with Crippen molar-refractivity contribution in [2.24, 2.45) is 0 Å². The van der Waals surface area contributed by atoms with Crippen LogP contribution in [0.3, 0.4) is 0 Å². The van der Waals surface area contributed by atoms with Gasteiger partial charge in [-0.15, -0.1) is 0 Å². The van der Waals surface area contributed by atoms with Crippen molar-refractivity contribution in [2.75, 3.05) is 12.3 Å². The van der Waals surface area contributed by atoms with Crippen molar-refractivity contribution < 1.29 is 8.42 Å². The third-order valence-electron chi connectivity index (χ3n) is 2.40. The standard InChI is InChI=1S/C9H16N4O2S/c14-16(15,6-5-10-8-1-2-8)13-7-9-11-3-4-12-9/h3-4,8,10,13H,1-2,5-7H2,(H,11,12). The van der Waals surface area contributed by atoms with Gasteiger partial charge >= 0.3 is 0 Å². The van der Waals surface area contributed by atoms with Crippen molar-refractivity contribution >= 4 is 10.0 Å². The number of aromatic nitrogens is 2. The fraction of sp³-hybridized carbons (Fsp3) is 0.667. The quantitative estimate of drug-likeness (QED) is 0.608. The van der Waals surface area contributed by atoms with Gasteiger partial charge in [-0.05, 0) is 12.8 Å². The van der Waals surface area contributed by atoms with Crippen LogP contribution >= 0.6 is 0 Å². The first-order chi connectivity index (χ1) is 7.66. The van der Waals surface area contributed by atoms with Crippen LogP contribution in [0.15, 0.2) is 12.4 Å². The van der Waals surface area contributed by atoms with Gasteiger partial charge < -0.3 is 10.3 Å². The molecule has 0 radical (unpaired) electrons. The van der Waals surface area contributed by atoms with Crippen LogP contribution < -0.4 is 10.0 Å². The lowest BCUT2D eigenvalue weighted by Crippen LogP contribution is -2.32. The van der Waals surface area contributed by atoms with Gasteiger partial charge in [0, 0.05) is 25.0 Å². The predicted octanol–water partition coefficient (Wildman–Crippen LogP) is -0.419. The summed E-state index contributed by atoms with van der Waals surface area (Å²) < 4.78 is 25.6. The molecule has 1 aliphatic rings. The van der Waals surface area contributed by atoms with Crippen LogP contribution in [0.25, 0.3) is 0 Å². The number of hydrogen-bond acceptors (Lipinski definition) is 4. The zero-order valence-corrected chi connectivity index (χ0v) is 9.76. The Morgan fingerprint density at radius 2 is 2.31 bits per heavy atom. The molecule has 0 aliphatic heterocycles. The van der Waals surface area contributed by atoms with Gasteiger partial charge in [-0.2, -0.15) is 0 Å². The average molecular weight is 244 g/mol. The first-order valence-electron chi connectivity index (χ1n) is 5.35. The van der Waals surface area contributed by atoms with Gasteiger partial charge in [-0.25, -0.2) is 18.1 Å². The molecule has 0 atom stereocenters. The van der Waals surface area contributed by atoms with Crippen molar-refractivity contribution in [1.29, 1.82) is 0 Å². The van der Waals surface area contributed by atoms with E-state index in [-0.39, 0.29) is 12.3 Å². The molecule has 1 fully saturated rings. The van der Waals surface area contributed by atoms with E-state index in [0.29, 0.717) is 18.4 Å². The number of H-pyrrole nitrogens is 1. The Kier molecular flexibility index (Phi) is 3.57. The summed E-state index contributed by atoms with van der Waals surface area (Å²) in [7, 11) is -3.20. The Bertz CT molecular complexity index is 411. The van der Waals surface area contributed by atoms with Crippen molar-refractivity contribution in [3.05, 3.63) is 18.2 Å². The highest BCUT2D eigenvalue weighted by atomic mass is 32.2. The zero-order chi connectivity index (χ0) is 11.4. The fourth-order valence-electron chi connectivity index (χ4n) is 1.33. The second-order valence-corrected chi connectivity index (χ2v) is 5.83. The van der Waals surface area contributed by atoms with Gasteiger partial charge in [0.15, 0.2) is 0 Å². The number of nitrogens with one attached hydrogen (secondary N) is 3. The molecule has 0 unspecified atom stereocenters. The minimum absolute atomic E-state index is 0.115. The van der Waals surface area contributed by atoms with Crippen LogP contribution in [0.4, 0.5) is 0 Å². The monoisotopic (exact) mass is 244 g/mol. The number of sulfonamides is 1. The van der Waals surface area contributed by atoms with Crippen LogP contribution in [-0.4, -0.2) is 36.7 Å². The maximum atomic E-state index is 11.5. The summed E-state index contributed by atoms with van der Waals surface area (Å²) in [6.07, 6.45) is 5.59. The van der Waals surface area contributed by atoms with Gasteiger partial charge in [0.1, 0.15) is 5.82 Å². The molecule has 0 spiro atoms. The number of rotatable bonds is 7. The van der Waals surface area contributed by atoms with Crippen molar-refractivity contribution in [1.82, 2.24) is 20.0 Å². The number of hydrogen-bond donors (Lipinski definition) is 3. The minimum Gasteiger partial charge on any atom is -0.347 e. The molecule has 1 aliphatic carbocycles. The summed E-state index contributed by atoms with van der Waals surface area (Å²) >= 11 is 0. The van der Waals surface area contributed by atoms with Crippen molar-refractivity contribution in [2.45, 2.75) is 25.4 Å². The van der Waals surface area contributed by atoms with Crippen LogP contribution in [0.1, 0.15) is 18.7 Å². The third kappa shape index (κ3) is 3.92. The molecule has 2 rings (SSSR count). The summed E-state index contributed by atoms with van der Waals surface area (Å²) in [4.78, 5) is 6.78. The molecule has 1 saturated carbocycles. The summed E-state index contributed by atoms with van der Waals surface area (Å²) in [6, 6.07) is 0.542. The van der Waals surface area contributed by atoms with E-state index in [0.717, 1.165) is 0 Å². The lowest BCUT2D eigenvalue weighted by molar-refractivity contribution is 0.574. The molecule has 0 bridgehead atoms. The normalized spacial score (nSPS) is 16.5. The molecule has 0 saturated heterocycles. The maximum absolute atomic E-state index is 11.5. The molecule has 16 heavy (non-hydrogen) atoms. The van der Waals surface area contributed by atoms with Gasteiger partial charge in [0.25, 0.3) is 0 Å². The molecule has 0 amide bonds. The van der Waals surface area contributed by atoms with E-state index in [1.54, 1.807) is 12.4 Å². The fourth-order valence-corrected chi connectivity index (χ4v) is 2.22. The Balaban J connectivity index is 1.69. The molecule has 7 heteroatoms. The molecular formula is C9H16N4O2S. The number of aromatic amines is 1. The lowest BCUT2D eigenvalue weighted by atomic mass is 10.6. The molecule has 3 N–H and O–H groups in total. The largest absolute Gasteiger partial charge is 0.347 e. The van der Waals surface area contributed by atoms with Crippen LogP contribution in [-0.2, 0) is 16.6 Å². The Hall–Kier alpha value is -0.920. The summed E-state index contributed by atoms with van der Waals surface area (Å²) in [5, 5.41) is 3.16. The van der Waals surface area contributed by atoms with Gasteiger partial charge in [-0.3, -0.25) is 0 Å². The van der Waals surface area contributed by atoms with E-state index in [1.165, 1.54) is 12.8 Å². The highest BCUT2D eigenvalue weighted by molar-refractivity contribution is 7.89. The Morgan fingerprint density at radius 1 is 1.50 bits per heavy atom. The zero-order valence-electron chi connectivity index (χ0n) is 8.94. The second kappa shape index (κ2) is 4.94. The summed E-state index contributed by atoms with van der Waals surface area (Å²) in [5.74, 6) is 0.739. The molecule has 6 nitrogen and oxygen atoms in total. The van der Waals surface area contributed by atoms with E-state index in [9.17, 15) is 8.42 Å². The first-order valence-corrected chi connectivity index (χ1v) is 7.00. The molecular weight excluding hydrogens is 228 g/mol. The van der Waals surface area contributed by atoms with Gasteiger partial charge in [0.05, 0.1) is 12.3 Å². The van der Waals surface area contributed by atoms with Crippen LogP contribution in [0.5, 0.6) is 0 Å². The highest BCUT2D eigenvalue weighted by Gasteiger charge is 2.21. The molecule has 1 aromatic rings. The van der Waals surface area contributed by atoms with Gasteiger partial charge in [-0.1, -0.05) is 0 Å². The molecule has 1 aromatic heterocycles. The van der Waals surface area contributed by atoms with E-state index < -0.39 is 10.0 Å². The first kappa shape index (κ1) is 11.6. The second-order valence-electron chi connectivity index (χ2n) is 3.90. The Labute approximate surface area is 94.9 Å². The SMILES string of the molecule is O=S(=O)(CCNC1CC1)NCc1ncc[nH]1. The number of imidazole rings is 1. The molecule has 1 heterocycles. The van der Waals surface area contributed by atoms with E-state index in [2.05, 4.69) is 20.0 Å². The smallest absolute Gasteiger partial charge is 0.213 e. The minimum atomic E-state index is -3.20. The maximum Gasteiger partial charge on any atom is 0.213 e. The third-order valence-corrected chi connectivity index (χ3v) is 3.72. The number of nitrogens with zero attached hydrogens (tertiary/aromatic N) is 1. The van der Waals surface area contributed by atoms with Gasteiger partial charge in [0.2, 0.25) is 10.0 Å². The molecule has 0 aromatic carbocycles. The summed E-state index contributed by atoms with van der Waals surface area (Å²) in [5.41, 5.74) is 0. The predicted molar refractivity (Wildman–Crippen MR) is 60.2 cm³/mol. The van der Waals surface area contributed by atoms with Crippen LogP contribution in [0.2, 0.25) is 0 Å². The highest BCUT2D eigenvalue weighted by Crippen LogP contribution is 2.17. The van der Waals surface area contributed by atoms with Crippen molar-refractivity contribution in [3.8, 4) is 0 Å². The van der Waals surface area contributed by atoms with E-state index >= 15 is 0 Å². The average Bonchev–Trinajstić information content (AvgIpc) is 2.91. The molecule has 90 valence electrons. The Morgan fingerprint density at radius 3 is 2.94 bits per heavy atom. The van der Waals surface area contributed by atoms with Crippen LogP contribution in [0, 0.1) is 0 Å². The topological polar surface area (TPSA) is 86.9 Å². The summed E-state index contributed by atoms with van der Waals surface area (Å²) in [6.45, 7) is 0.733. The van der Waals surface area contributed by atoms with E-state index in [4.69, 9.17) is 0 Å².